The maximum atomic E-state index is 12.1. The molecule has 3 unspecified atom stereocenters. The summed E-state index contributed by atoms with van der Waals surface area (Å²) in [6.45, 7) is 0.618. The van der Waals surface area contributed by atoms with Crippen molar-refractivity contribution in [1.29, 1.82) is 0 Å². The van der Waals surface area contributed by atoms with Gasteiger partial charge in [0, 0.05) is 18.0 Å². The molecule has 4 nitrogen and oxygen atoms in total. The molecule has 0 aromatic heterocycles. The molecule has 108 valence electrons. The Morgan fingerprint density at radius 2 is 2.30 bits per heavy atom. The molecule has 1 fully saturated rings. The lowest BCUT2D eigenvalue weighted by Crippen LogP contribution is -2.39. The lowest BCUT2D eigenvalue weighted by molar-refractivity contribution is -0.127. The number of ether oxygens (including phenoxy) is 1. The van der Waals surface area contributed by atoms with E-state index in [1.165, 1.54) is 0 Å². The first-order valence-electron chi connectivity index (χ1n) is 7.02. The van der Waals surface area contributed by atoms with E-state index in [4.69, 9.17) is 16.3 Å². The fourth-order valence-corrected chi connectivity index (χ4v) is 3.15. The number of amides is 1. The molecule has 1 aromatic rings. The van der Waals surface area contributed by atoms with Crippen molar-refractivity contribution in [3.63, 3.8) is 0 Å². The van der Waals surface area contributed by atoms with Crippen molar-refractivity contribution in [1.82, 2.24) is 5.32 Å². The number of carbonyl (C=O) groups excluding carboxylic acids is 1. The quantitative estimate of drug-likeness (QED) is 0.896. The maximum absolute atomic E-state index is 12.1. The Morgan fingerprint density at radius 1 is 1.45 bits per heavy atom. The lowest BCUT2D eigenvalue weighted by Gasteiger charge is -2.14. The highest BCUT2D eigenvalue weighted by molar-refractivity contribution is 6.30. The summed E-state index contributed by atoms with van der Waals surface area (Å²) in [6.07, 6.45) is 2.49. The Labute approximate surface area is 123 Å². The van der Waals surface area contributed by atoms with Gasteiger partial charge in [0.1, 0.15) is 5.75 Å². The smallest absolute Gasteiger partial charge is 0.261 e. The molecule has 3 rings (SSSR count). The fourth-order valence-electron chi connectivity index (χ4n) is 2.96. The van der Waals surface area contributed by atoms with Gasteiger partial charge in [0.05, 0.1) is 6.10 Å². The van der Waals surface area contributed by atoms with Crippen LogP contribution in [-0.2, 0) is 11.2 Å². The van der Waals surface area contributed by atoms with Crippen molar-refractivity contribution in [2.24, 2.45) is 5.92 Å². The van der Waals surface area contributed by atoms with E-state index in [1.54, 1.807) is 12.1 Å². The molecule has 1 aromatic carbocycles. The Kier molecular flexibility index (Phi) is 3.85. The summed E-state index contributed by atoms with van der Waals surface area (Å²) in [6, 6.07) is 5.41. The minimum absolute atomic E-state index is 0.0845. The second-order valence-corrected chi connectivity index (χ2v) is 6.08. The standard InChI is InChI=1S/C15H18ClNO3/c16-11-2-4-13-10(6-11)7-14(20-13)15(19)17-8-9-1-3-12(18)5-9/h2,4,6,9,12,14,18H,1,3,5,7-8H2,(H,17,19). The van der Waals surface area contributed by atoms with Gasteiger partial charge in [0.15, 0.2) is 6.10 Å². The van der Waals surface area contributed by atoms with Gasteiger partial charge in [-0.1, -0.05) is 11.6 Å². The predicted molar refractivity (Wildman–Crippen MR) is 75.9 cm³/mol. The second-order valence-electron chi connectivity index (χ2n) is 5.64. The van der Waals surface area contributed by atoms with Crippen molar-refractivity contribution < 1.29 is 14.6 Å². The van der Waals surface area contributed by atoms with E-state index in [0.29, 0.717) is 23.9 Å². The van der Waals surface area contributed by atoms with Crippen LogP contribution in [0.25, 0.3) is 0 Å². The van der Waals surface area contributed by atoms with Crippen molar-refractivity contribution in [3.8, 4) is 5.75 Å². The third kappa shape index (κ3) is 2.91. The highest BCUT2D eigenvalue weighted by Gasteiger charge is 2.30. The van der Waals surface area contributed by atoms with Crippen LogP contribution in [0.1, 0.15) is 24.8 Å². The normalized spacial score (nSPS) is 28.0. The topological polar surface area (TPSA) is 58.6 Å². The molecule has 1 aliphatic heterocycles. The number of hydrogen-bond donors (Lipinski definition) is 2. The molecule has 0 bridgehead atoms. The van der Waals surface area contributed by atoms with Crippen LogP contribution in [0.2, 0.25) is 5.02 Å². The van der Waals surface area contributed by atoms with Gasteiger partial charge in [-0.05, 0) is 48.9 Å². The van der Waals surface area contributed by atoms with E-state index in [-0.39, 0.29) is 12.0 Å². The van der Waals surface area contributed by atoms with E-state index in [9.17, 15) is 9.90 Å². The third-order valence-corrected chi connectivity index (χ3v) is 4.30. The SMILES string of the molecule is O=C(NCC1CCC(O)C1)C1Cc2cc(Cl)ccc2O1. The molecule has 3 atom stereocenters. The molecule has 0 radical (unpaired) electrons. The molecule has 1 amide bonds. The molecule has 0 saturated heterocycles. The molecule has 20 heavy (non-hydrogen) atoms. The third-order valence-electron chi connectivity index (χ3n) is 4.07. The predicted octanol–water partition coefficient (Wildman–Crippen LogP) is 1.92. The van der Waals surface area contributed by atoms with Crippen molar-refractivity contribution in [2.45, 2.75) is 37.9 Å². The number of aliphatic hydroxyl groups is 1. The number of nitrogens with one attached hydrogen (secondary N) is 1. The largest absolute Gasteiger partial charge is 0.480 e. The van der Waals surface area contributed by atoms with Gasteiger partial charge in [0.25, 0.3) is 5.91 Å². The summed E-state index contributed by atoms with van der Waals surface area (Å²) in [5, 5.41) is 13.1. The van der Waals surface area contributed by atoms with Gasteiger partial charge in [-0.3, -0.25) is 4.79 Å². The van der Waals surface area contributed by atoms with E-state index in [1.807, 2.05) is 6.07 Å². The minimum atomic E-state index is -0.463. The summed E-state index contributed by atoms with van der Waals surface area (Å²) < 4.78 is 5.64. The average molecular weight is 296 g/mol. The summed E-state index contributed by atoms with van der Waals surface area (Å²) in [4.78, 5) is 12.1. The van der Waals surface area contributed by atoms with Crippen LogP contribution in [0.4, 0.5) is 0 Å². The van der Waals surface area contributed by atoms with Gasteiger partial charge in [0.2, 0.25) is 0 Å². The molecule has 1 aliphatic carbocycles. The fraction of sp³-hybridized carbons (Fsp3) is 0.533. The number of rotatable bonds is 3. The van der Waals surface area contributed by atoms with Crippen molar-refractivity contribution >= 4 is 17.5 Å². The van der Waals surface area contributed by atoms with E-state index in [2.05, 4.69) is 5.32 Å². The van der Waals surface area contributed by atoms with E-state index < -0.39 is 6.10 Å². The summed E-state index contributed by atoms with van der Waals surface area (Å²) >= 11 is 5.93. The molecule has 1 saturated carbocycles. The first kappa shape index (κ1) is 13.7. The summed E-state index contributed by atoms with van der Waals surface area (Å²) in [5.41, 5.74) is 0.980. The van der Waals surface area contributed by atoms with Crippen molar-refractivity contribution in [3.05, 3.63) is 28.8 Å². The molecule has 2 aliphatic rings. The number of hydrogen-bond acceptors (Lipinski definition) is 3. The van der Waals surface area contributed by atoms with E-state index in [0.717, 1.165) is 30.6 Å². The summed E-state index contributed by atoms with van der Waals surface area (Å²) in [7, 11) is 0. The van der Waals surface area contributed by atoms with Gasteiger partial charge < -0.3 is 15.2 Å². The molecular formula is C15H18ClNO3. The Morgan fingerprint density at radius 3 is 3.05 bits per heavy atom. The molecule has 5 heteroatoms. The Hall–Kier alpha value is -1.26. The van der Waals surface area contributed by atoms with Crippen LogP contribution in [0.15, 0.2) is 18.2 Å². The zero-order chi connectivity index (χ0) is 14.1. The number of carbonyl (C=O) groups is 1. The van der Waals surface area contributed by atoms with Crippen LogP contribution in [0.5, 0.6) is 5.75 Å². The van der Waals surface area contributed by atoms with Gasteiger partial charge in [-0.25, -0.2) is 0 Å². The van der Waals surface area contributed by atoms with Crippen molar-refractivity contribution in [2.75, 3.05) is 6.54 Å². The number of halogens is 1. The molecule has 0 spiro atoms. The second kappa shape index (κ2) is 5.62. The van der Waals surface area contributed by atoms with Crippen LogP contribution in [-0.4, -0.2) is 29.8 Å². The van der Waals surface area contributed by atoms with Crippen LogP contribution >= 0.6 is 11.6 Å². The lowest BCUT2D eigenvalue weighted by atomic mass is 10.1. The van der Waals surface area contributed by atoms with Crippen LogP contribution < -0.4 is 10.1 Å². The minimum Gasteiger partial charge on any atom is -0.480 e. The van der Waals surface area contributed by atoms with Crippen LogP contribution in [0.3, 0.4) is 0 Å². The molecule has 1 heterocycles. The summed E-state index contributed by atoms with van der Waals surface area (Å²) in [5.74, 6) is 1.04. The van der Waals surface area contributed by atoms with Gasteiger partial charge in [-0.2, -0.15) is 0 Å². The number of aliphatic hydroxyl groups excluding tert-OH is 1. The van der Waals surface area contributed by atoms with E-state index >= 15 is 0 Å². The first-order valence-corrected chi connectivity index (χ1v) is 7.40. The average Bonchev–Trinajstić information content (AvgIpc) is 3.01. The monoisotopic (exact) mass is 295 g/mol. The zero-order valence-electron chi connectivity index (χ0n) is 11.1. The van der Waals surface area contributed by atoms with Crippen LogP contribution in [0, 0.1) is 5.92 Å². The highest BCUT2D eigenvalue weighted by atomic mass is 35.5. The molecule has 2 N–H and O–H groups in total. The zero-order valence-corrected chi connectivity index (χ0v) is 11.9. The van der Waals surface area contributed by atoms with Gasteiger partial charge >= 0.3 is 0 Å². The number of fused-ring (bicyclic) bond motifs is 1. The number of benzene rings is 1. The highest BCUT2D eigenvalue weighted by Crippen LogP contribution is 2.31. The first-order chi connectivity index (χ1) is 9.61. The molecular weight excluding hydrogens is 278 g/mol. The Bertz CT molecular complexity index is 520. The maximum Gasteiger partial charge on any atom is 0.261 e. The van der Waals surface area contributed by atoms with Gasteiger partial charge in [-0.15, -0.1) is 0 Å². The Balaban J connectivity index is 1.52.